The van der Waals surface area contributed by atoms with Crippen LogP contribution in [0.2, 0.25) is 0 Å². The summed E-state index contributed by atoms with van der Waals surface area (Å²) in [6.07, 6.45) is -0.135. The zero-order valence-corrected chi connectivity index (χ0v) is 13.8. The number of rotatable bonds is 3. The second-order valence-corrected chi connectivity index (χ2v) is 6.46. The third kappa shape index (κ3) is 4.62. The van der Waals surface area contributed by atoms with Gasteiger partial charge in [0.05, 0.1) is 25.3 Å². The van der Waals surface area contributed by atoms with Crippen molar-refractivity contribution in [2.75, 3.05) is 26.3 Å². The molecule has 2 fully saturated rings. The number of aromatic nitrogens is 1. The van der Waals surface area contributed by atoms with E-state index in [0.717, 1.165) is 37.9 Å². The van der Waals surface area contributed by atoms with Crippen LogP contribution in [0.1, 0.15) is 31.2 Å². The second kappa shape index (κ2) is 7.59. The minimum Gasteiger partial charge on any atom is -0.470 e. The molecule has 1 aromatic heterocycles. The average Bonchev–Trinajstić information content (AvgIpc) is 3.01. The summed E-state index contributed by atoms with van der Waals surface area (Å²) < 4.78 is 48.8. The predicted molar refractivity (Wildman–Crippen MR) is 83.0 cm³/mol. The van der Waals surface area contributed by atoms with Crippen LogP contribution in [-0.2, 0) is 15.7 Å². The smallest absolute Gasteiger partial charge is 0.417 e. The molecule has 2 heterocycles. The Bertz CT molecular complexity index is 586. The number of nitrogens with zero attached hydrogens (tertiary/aromatic N) is 2. The Morgan fingerprint density at radius 2 is 2.04 bits per heavy atom. The Hall–Kier alpha value is -1.83. The molecule has 0 unspecified atom stereocenters. The molecule has 3 rings (SSSR count). The number of pyridine rings is 1. The topological polar surface area (TPSA) is 51.7 Å². The van der Waals surface area contributed by atoms with Gasteiger partial charge in [0, 0.05) is 24.7 Å². The van der Waals surface area contributed by atoms with E-state index in [1.54, 1.807) is 4.90 Å². The highest BCUT2D eigenvalue weighted by molar-refractivity contribution is 5.79. The summed E-state index contributed by atoms with van der Waals surface area (Å²) in [4.78, 5) is 18.0. The van der Waals surface area contributed by atoms with Crippen molar-refractivity contribution in [2.45, 2.75) is 38.0 Å². The summed E-state index contributed by atoms with van der Waals surface area (Å²) in [5, 5.41) is 0. The first-order chi connectivity index (χ1) is 11.9. The molecule has 8 heteroatoms. The van der Waals surface area contributed by atoms with Gasteiger partial charge < -0.3 is 14.4 Å². The van der Waals surface area contributed by atoms with E-state index in [2.05, 4.69) is 4.98 Å². The van der Waals surface area contributed by atoms with Gasteiger partial charge in [-0.15, -0.1) is 0 Å². The SMILES string of the molecule is O=C(C1CCCC1)N1CCOC[C@H](Oc2ccc(C(F)(F)F)cn2)C1. The fourth-order valence-electron chi connectivity index (χ4n) is 3.27. The van der Waals surface area contributed by atoms with Crippen molar-refractivity contribution in [2.24, 2.45) is 5.92 Å². The van der Waals surface area contributed by atoms with Crippen molar-refractivity contribution in [3.63, 3.8) is 0 Å². The molecule has 1 aliphatic heterocycles. The quantitative estimate of drug-likeness (QED) is 0.834. The van der Waals surface area contributed by atoms with Crippen molar-refractivity contribution in [3.05, 3.63) is 23.9 Å². The van der Waals surface area contributed by atoms with E-state index >= 15 is 0 Å². The van der Waals surface area contributed by atoms with Gasteiger partial charge in [0.25, 0.3) is 0 Å². The number of carbonyl (C=O) groups excluding carboxylic acids is 1. The summed E-state index contributed by atoms with van der Waals surface area (Å²) in [6, 6.07) is 2.12. The number of alkyl halides is 3. The first kappa shape index (κ1) is 18.0. The highest BCUT2D eigenvalue weighted by atomic mass is 19.4. The van der Waals surface area contributed by atoms with Crippen LogP contribution in [0.15, 0.2) is 18.3 Å². The second-order valence-electron chi connectivity index (χ2n) is 6.46. The first-order valence-electron chi connectivity index (χ1n) is 8.50. The van der Waals surface area contributed by atoms with Crippen LogP contribution in [0.25, 0.3) is 0 Å². The molecule has 0 spiro atoms. The van der Waals surface area contributed by atoms with Crippen LogP contribution < -0.4 is 4.74 Å². The molecule has 1 amide bonds. The van der Waals surface area contributed by atoms with Crippen LogP contribution in [0, 0.1) is 5.92 Å². The van der Waals surface area contributed by atoms with Gasteiger partial charge in [-0.1, -0.05) is 12.8 Å². The van der Waals surface area contributed by atoms with E-state index in [-0.39, 0.29) is 24.3 Å². The number of ether oxygens (including phenoxy) is 2. The third-order valence-electron chi connectivity index (χ3n) is 4.60. The van der Waals surface area contributed by atoms with Crippen LogP contribution in [0.3, 0.4) is 0 Å². The molecule has 1 atom stereocenters. The van der Waals surface area contributed by atoms with Gasteiger partial charge in [-0.25, -0.2) is 4.98 Å². The molecule has 2 aliphatic rings. The van der Waals surface area contributed by atoms with E-state index in [1.165, 1.54) is 6.07 Å². The van der Waals surface area contributed by atoms with E-state index in [1.807, 2.05) is 0 Å². The molecule has 138 valence electrons. The molecular weight excluding hydrogens is 337 g/mol. The van der Waals surface area contributed by atoms with Crippen LogP contribution in [0.5, 0.6) is 5.88 Å². The normalized spacial score (nSPS) is 22.7. The monoisotopic (exact) mass is 358 g/mol. The molecule has 1 aromatic rings. The maximum atomic E-state index is 12.6. The van der Waals surface area contributed by atoms with Crippen molar-refractivity contribution in [1.82, 2.24) is 9.88 Å². The van der Waals surface area contributed by atoms with Crippen molar-refractivity contribution in [3.8, 4) is 5.88 Å². The maximum Gasteiger partial charge on any atom is 0.417 e. The molecule has 1 saturated carbocycles. The van der Waals surface area contributed by atoms with Gasteiger partial charge in [-0.05, 0) is 18.9 Å². The van der Waals surface area contributed by atoms with Crippen molar-refractivity contribution >= 4 is 5.91 Å². The zero-order chi connectivity index (χ0) is 17.9. The lowest BCUT2D eigenvalue weighted by Gasteiger charge is -2.26. The molecule has 0 radical (unpaired) electrons. The van der Waals surface area contributed by atoms with E-state index in [4.69, 9.17) is 9.47 Å². The molecule has 1 aliphatic carbocycles. The molecular formula is C17H21F3N2O3. The number of hydrogen-bond acceptors (Lipinski definition) is 4. The molecule has 0 N–H and O–H groups in total. The Morgan fingerprint density at radius 3 is 2.68 bits per heavy atom. The minimum atomic E-state index is -4.43. The first-order valence-corrected chi connectivity index (χ1v) is 8.50. The van der Waals surface area contributed by atoms with Crippen molar-refractivity contribution < 1.29 is 27.4 Å². The molecule has 0 bridgehead atoms. The lowest BCUT2D eigenvalue weighted by atomic mass is 10.1. The van der Waals surface area contributed by atoms with Crippen LogP contribution >= 0.6 is 0 Å². The Balaban J connectivity index is 1.62. The van der Waals surface area contributed by atoms with E-state index in [9.17, 15) is 18.0 Å². The fraction of sp³-hybridized carbons (Fsp3) is 0.647. The van der Waals surface area contributed by atoms with Gasteiger partial charge in [-0.3, -0.25) is 4.79 Å². The third-order valence-corrected chi connectivity index (χ3v) is 4.60. The minimum absolute atomic E-state index is 0.0722. The fourth-order valence-corrected chi connectivity index (χ4v) is 3.27. The standard InChI is InChI=1S/C17H21F3N2O3/c18-17(19,20)13-5-6-15(21-9-13)25-14-10-22(7-8-24-11-14)16(23)12-3-1-2-4-12/h5-6,9,12,14H,1-4,7-8,10-11H2/t14-/m1/s1. The van der Waals surface area contributed by atoms with Gasteiger partial charge >= 0.3 is 6.18 Å². The number of halogens is 3. The summed E-state index contributed by atoms with van der Waals surface area (Å²) in [6.45, 7) is 1.57. The van der Waals surface area contributed by atoms with E-state index < -0.39 is 17.8 Å². The molecule has 0 aromatic carbocycles. The number of carbonyl (C=O) groups is 1. The largest absolute Gasteiger partial charge is 0.470 e. The van der Waals surface area contributed by atoms with Crippen molar-refractivity contribution in [1.29, 1.82) is 0 Å². The van der Waals surface area contributed by atoms with Gasteiger partial charge in [-0.2, -0.15) is 13.2 Å². The summed E-state index contributed by atoms with van der Waals surface area (Å²) in [5.41, 5.74) is -0.824. The highest BCUT2D eigenvalue weighted by Gasteiger charge is 2.32. The molecule has 25 heavy (non-hydrogen) atoms. The maximum absolute atomic E-state index is 12.6. The van der Waals surface area contributed by atoms with Gasteiger partial charge in [0.2, 0.25) is 11.8 Å². The molecule has 1 saturated heterocycles. The average molecular weight is 358 g/mol. The molecule has 5 nitrogen and oxygen atoms in total. The number of amides is 1. The number of hydrogen-bond donors (Lipinski definition) is 0. The Kier molecular flexibility index (Phi) is 5.46. The Labute approximate surface area is 144 Å². The van der Waals surface area contributed by atoms with Crippen LogP contribution in [-0.4, -0.2) is 48.2 Å². The van der Waals surface area contributed by atoms with Crippen LogP contribution in [0.4, 0.5) is 13.2 Å². The highest BCUT2D eigenvalue weighted by Crippen LogP contribution is 2.30. The zero-order valence-electron chi connectivity index (χ0n) is 13.8. The Morgan fingerprint density at radius 1 is 1.28 bits per heavy atom. The summed E-state index contributed by atoms with van der Waals surface area (Å²) in [5.74, 6) is 0.289. The summed E-state index contributed by atoms with van der Waals surface area (Å²) >= 11 is 0. The van der Waals surface area contributed by atoms with E-state index in [0.29, 0.717) is 19.7 Å². The van der Waals surface area contributed by atoms with Gasteiger partial charge in [0.15, 0.2) is 0 Å². The lowest BCUT2D eigenvalue weighted by molar-refractivity contribution is -0.138. The van der Waals surface area contributed by atoms with Gasteiger partial charge in [0.1, 0.15) is 6.10 Å². The summed E-state index contributed by atoms with van der Waals surface area (Å²) in [7, 11) is 0. The predicted octanol–water partition coefficient (Wildman–Crippen LogP) is 2.90. The lowest BCUT2D eigenvalue weighted by Crippen LogP contribution is -2.42.